The number of ether oxygens (including phenoxy) is 1. The number of pyridine rings is 1. The summed E-state index contributed by atoms with van der Waals surface area (Å²) in [5, 5.41) is 11.3. The Morgan fingerprint density at radius 1 is 1.23 bits per heavy atom. The number of hydrogen-bond donors (Lipinski definition) is 1. The molecule has 3 rings (SSSR count). The molecule has 0 spiro atoms. The smallest absolute Gasteiger partial charge is 0.216 e. The van der Waals surface area contributed by atoms with E-state index in [-0.39, 0.29) is 0 Å². The summed E-state index contributed by atoms with van der Waals surface area (Å²) >= 11 is 5.22. The van der Waals surface area contributed by atoms with Crippen molar-refractivity contribution < 1.29 is 4.74 Å². The average Bonchev–Trinajstić information content (AvgIpc) is 2.95. The van der Waals surface area contributed by atoms with Gasteiger partial charge < -0.3 is 4.74 Å². The third-order valence-electron chi connectivity index (χ3n) is 3.00. The van der Waals surface area contributed by atoms with E-state index in [0.717, 1.165) is 11.3 Å². The van der Waals surface area contributed by atoms with E-state index in [4.69, 9.17) is 17.0 Å². The number of H-pyrrole nitrogens is 1. The van der Waals surface area contributed by atoms with E-state index in [2.05, 4.69) is 20.3 Å². The van der Waals surface area contributed by atoms with Crippen molar-refractivity contribution >= 4 is 18.4 Å². The second-order valence-electron chi connectivity index (χ2n) is 4.37. The van der Waals surface area contributed by atoms with Gasteiger partial charge in [-0.1, -0.05) is 18.2 Å². The van der Waals surface area contributed by atoms with E-state index in [9.17, 15) is 0 Å². The van der Waals surface area contributed by atoms with E-state index in [0.29, 0.717) is 16.3 Å². The predicted molar refractivity (Wildman–Crippen MR) is 86.6 cm³/mol. The molecule has 2 heterocycles. The minimum absolute atomic E-state index is 0.395. The highest BCUT2D eigenvalue weighted by Gasteiger charge is 2.08. The zero-order chi connectivity index (χ0) is 15.4. The number of rotatable bonds is 4. The largest absolute Gasteiger partial charge is 0.496 e. The van der Waals surface area contributed by atoms with Crippen LogP contribution in [0.3, 0.4) is 0 Å². The lowest BCUT2D eigenvalue weighted by Crippen LogP contribution is -1.97. The van der Waals surface area contributed by atoms with Gasteiger partial charge in [-0.05, 0) is 36.5 Å². The number of aromatic amines is 1. The van der Waals surface area contributed by atoms with Crippen LogP contribution in [0.2, 0.25) is 0 Å². The fourth-order valence-corrected chi connectivity index (χ4v) is 2.13. The summed E-state index contributed by atoms with van der Waals surface area (Å²) in [6.45, 7) is 0. The second-order valence-corrected chi connectivity index (χ2v) is 4.75. The van der Waals surface area contributed by atoms with Crippen LogP contribution in [0.5, 0.6) is 5.75 Å². The van der Waals surface area contributed by atoms with Crippen LogP contribution in [0.4, 0.5) is 0 Å². The molecule has 0 fully saturated rings. The van der Waals surface area contributed by atoms with Gasteiger partial charge in [0.05, 0.1) is 13.3 Å². The lowest BCUT2D eigenvalue weighted by Gasteiger charge is -2.03. The molecule has 2 aromatic heterocycles. The van der Waals surface area contributed by atoms with Gasteiger partial charge in [-0.3, -0.25) is 4.98 Å². The minimum atomic E-state index is 0.395. The Hall–Kier alpha value is -2.80. The standard InChI is InChI=1S/C15H13N5OS/c1-21-13-8-3-2-6-11(13)10-17-20-14(18-19-15(20)22)12-7-4-5-9-16-12/h2-10H,1H3,(H,19,22)/b17-10-. The highest BCUT2D eigenvalue weighted by atomic mass is 32.1. The molecule has 0 bridgehead atoms. The quantitative estimate of drug-likeness (QED) is 0.594. The third kappa shape index (κ3) is 2.79. The second kappa shape index (κ2) is 6.31. The van der Waals surface area contributed by atoms with Crippen LogP contribution in [0.25, 0.3) is 11.5 Å². The van der Waals surface area contributed by atoms with Crippen molar-refractivity contribution in [2.75, 3.05) is 7.11 Å². The molecule has 0 saturated carbocycles. The number of hydrogen-bond acceptors (Lipinski definition) is 5. The molecule has 0 aliphatic rings. The lowest BCUT2D eigenvalue weighted by molar-refractivity contribution is 0.414. The first-order valence-corrected chi connectivity index (χ1v) is 6.96. The van der Waals surface area contributed by atoms with Crippen LogP contribution in [-0.4, -0.2) is 33.2 Å². The molecule has 7 heteroatoms. The van der Waals surface area contributed by atoms with Gasteiger partial charge >= 0.3 is 0 Å². The van der Waals surface area contributed by atoms with Gasteiger partial charge in [0.1, 0.15) is 11.4 Å². The van der Waals surface area contributed by atoms with E-state index in [1.54, 1.807) is 19.5 Å². The van der Waals surface area contributed by atoms with Crippen LogP contribution in [0, 0.1) is 4.77 Å². The van der Waals surface area contributed by atoms with Crippen molar-refractivity contribution in [3.8, 4) is 17.3 Å². The SMILES string of the molecule is COc1ccccc1/C=N\n1c(-c2ccccn2)n[nH]c1=S. The fraction of sp³-hybridized carbons (Fsp3) is 0.0667. The van der Waals surface area contributed by atoms with E-state index < -0.39 is 0 Å². The zero-order valence-corrected chi connectivity index (χ0v) is 12.6. The minimum Gasteiger partial charge on any atom is -0.496 e. The van der Waals surface area contributed by atoms with Crippen molar-refractivity contribution in [3.05, 3.63) is 59.0 Å². The molecule has 0 atom stereocenters. The maximum atomic E-state index is 5.30. The summed E-state index contributed by atoms with van der Waals surface area (Å²) in [6.07, 6.45) is 3.37. The molecule has 22 heavy (non-hydrogen) atoms. The monoisotopic (exact) mass is 311 g/mol. The number of benzene rings is 1. The molecule has 6 nitrogen and oxygen atoms in total. The molecular formula is C15H13N5OS. The molecule has 0 aliphatic carbocycles. The first kappa shape index (κ1) is 14.2. The number of para-hydroxylation sites is 1. The van der Waals surface area contributed by atoms with Gasteiger partial charge in [0.2, 0.25) is 10.6 Å². The van der Waals surface area contributed by atoms with Gasteiger partial charge in [0.25, 0.3) is 0 Å². The average molecular weight is 311 g/mol. The van der Waals surface area contributed by atoms with E-state index in [1.807, 2.05) is 42.5 Å². The van der Waals surface area contributed by atoms with Crippen LogP contribution in [-0.2, 0) is 0 Å². The number of nitrogens with one attached hydrogen (secondary N) is 1. The maximum absolute atomic E-state index is 5.30. The van der Waals surface area contributed by atoms with Crippen LogP contribution in [0.15, 0.2) is 53.8 Å². The van der Waals surface area contributed by atoms with Crippen molar-refractivity contribution in [2.45, 2.75) is 0 Å². The Kier molecular flexibility index (Phi) is 4.06. The lowest BCUT2D eigenvalue weighted by atomic mass is 10.2. The first-order chi connectivity index (χ1) is 10.8. The highest BCUT2D eigenvalue weighted by Crippen LogP contribution is 2.16. The summed E-state index contributed by atoms with van der Waals surface area (Å²) in [6, 6.07) is 13.2. The molecule has 0 amide bonds. The fourth-order valence-electron chi connectivity index (χ4n) is 1.95. The van der Waals surface area contributed by atoms with Crippen LogP contribution >= 0.6 is 12.2 Å². The van der Waals surface area contributed by atoms with E-state index >= 15 is 0 Å². The Balaban J connectivity index is 2.01. The number of aromatic nitrogens is 4. The summed E-state index contributed by atoms with van der Waals surface area (Å²) in [7, 11) is 1.62. The highest BCUT2D eigenvalue weighted by molar-refractivity contribution is 7.71. The van der Waals surface area contributed by atoms with E-state index in [1.165, 1.54) is 4.68 Å². The van der Waals surface area contributed by atoms with Gasteiger partial charge in [-0.15, -0.1) is 0 Å². The van der Waals surface area contributed by atoms with Crippen molar-refractivity contribution in [1.29, 1.82) is 0 Å². The summed E-state index contributed by atoms with van der Waals surface area (Å²) in [5.41, 5.74) is 1.53. The molecule has 3 aromatic rings. The number of nitrogens with zero attached hydrogens (tertiary/aromatic N) is 4. The normalized spacial score (nSPS) is 11.0. The van der Waals surface area contributed by atoms with Gasteiger partial charge in [-0.2, -0.15) is 14.9 Å². The van der Waals surface area contributed by atoms with Crippen LogP contribution < -0.4 is 4.74 Å². The van der Waals surface area contributed by atoms with Gasteiger partial charge in [0, 0.05) is 11.8 Å². The van der Waals surface area contributed by atoms with Gasteiger partial charge in [0.15, 0.2) is 0 Å². The Morgan fingerprint density at radius 3 is 2.82 bits per heavy atom. The van der Waals surface area contributed by atoms with Crippen molar-refractivity contribution in [1.82, 2.24) is 19.9 Å². The molecule has 0 radical (unpaired) electrons. The molecule has 110 valence electrons. The third-order valence-corrected chi connectivity index (χ3v) is 3.26. The maximum Gasteiger partial charge on any atom is 0.216 e. The Labute approximate surface area is 132 Å². The number of methoxy groups -OCH3 is 1. The van der Waals surface area contributed by atoms with Crippen molar-refractivity contribution in [3.63, 3.8) is 0 Å². The molecule has 0 aliphatic heterocycles. The van der Waals surface area contributed by atoms with Crippen LogP contribution in [0.1, 0.15) is 5.56 Å². The summed E-state index contributed by atoms with van der Waals surface area (Å²) in [4.78, 5) is 4.26. The molecule has 0 saturated heterocycles. The first-order valence-electron chi connectivity index (χ1n) is 6.56. The summed E-state index contributed by atoms with van der Waals surface area (Å²) < 4.78 is 7.23. The Bertz CT molecular complexity index is 854. The Morgan fingerprint density at radius 2 is 2.05 bits per heavy atom. The molecule has 1 N–H and O–H groups in total. The van der Waals surface area contributed by atoms with Gasteiger partial charge in [-0.25, -0.2) is 5.10 Å². The zero-order valence-electron chi connectivity index (χ0n) is 11.8. The van der Waals surface area contributed by atoms with Crippen molar-refractivity contribution in [2.24, 2.45) is 5.10 Å². The molecule has 1 aromatic carbocycles. The summed E-state index contributed by atoms with van der Waals surface area (Å²) in [5.74, 6) is 1.29. The predicted octanol–water partition coefficient (Wildman–Crippen LogP) is 2.89. The molecular weight excluding hydrogens is 298 g/mol. The molecule has 0 unspecified atom stereocenters. The topological polar surface area (TPSA) is 68.1 Å².